The molecule has 0 fully saturated rings. The van der Waals surface area contributed by atoms with Crippen molar-refractivity contribution in [3.63, 3.8) is 0 Å². The van der Waals surface area contributed by atoms with Gasteiger partial charge in [-0.25, -0.2) is 9.78 Å². The van der Waals surface area contributed by atoms with E-state index in [-0.39, 0.29) is 0 Å². The maximum atomic E-state index is 12.6. The van der Waals surface area contributed by atoms with Crippen LogP contribution in [0.1, 0.15) is 29.4 Å². The van der Waals surface area contributed by atoms with Gasteiger partial charge >= 0.3 is 5.97 Å². The molecule has 0 bridgehead atoms. The minimum Gasteiger partial charge on any atom is -0.489 e. The summed E-state index contributed by atoms with van der Waals surface area (Å²) in [6.45, 7) is 0.621. The molecule has 1 unspecified atom stereocenters. The van der Waals surface area contributed by atoms with Crippen LogP contribution < -0.4 is 14.8 Å². The lowest BCUT2D eigenvalue weighted by molar-refractivity contribution is -0.143. The number of imidazole rings is 1. The largest absolute Gasteiger partial charge is 0.489 e. The molecule has 176 valence electrons. The van der Waals surface area contributed by atoms with Crippen LogP contribution in [0, 0.1) is 0 Å². The highest BCUT2D eigenvalue weighted by atomic mass is 35.5. The van der Waals surface area contributed by atoms with E-state index in [2.05, 4.69) is 10.3 Å². The molecule has 9 heteroatoms. The van der Waals surface area contributed by atoms with Crippen LogP contribution in [-0.4, -0.2) is 41.2 Å². The van der Waals surface area contributed by atoms with Crippen LogP contribution in [0.3, 0.4) is 0 Å². The number of fused-ring (bicyclic) bond motifs is 1. The average Bonchev–Trinajstić information content (AvgIpc) is 3.11. The van der Waals surface area contributed by atoms with Gasteiger partial charge in [-0.3, -0.25) is 4.79 Å². The van der Waals surface area contributed by atoms with E-state index in [1.807, 2.05) is 41.9 Å². The summed E-state index contributed by atoms with van der Waals surface area (Å²) >= 11 is 6.28. The fourth-order valence-corrected chi connectivity index (χ4v) is 3.77. The van der Waals surface area contributed by atoms with E-state index in [0.29, 0.717) is 41.1 Å². The topological polar surface area (TPSA) is 91.7 Å². The standard InChI is InChI=1S/C25H24ClN3O5/c1-29-11-10-27-25(29)23(18-6-3-2-4-7-18)28-21(30)16-34-22(31)9-8-17-14-19(26)24-20(15-17)32-12-5-13-33-24/h2-4,6-11,14-15,23H,5,12-13,16H2,1H3,(H,28,30)/b9-8+. The monoisotopic (exact) mass is 481 g/mol. The zero-order valence-corrected chi connectivity index (χ0v) is 19.3. The van der Waals surface area contributed by atoms with Gasteiger partial charge in [0.05, 0.1) is 18.2 Å². The first-order chi connectivity index (χ1) is 16.5. The average molecular weight is 482 g/mol. The van der Waals surface area contributed by atoms with E-state index < -0.39 is 24.5 Å². The third kappa shape index (κ3) is 5.77. The van der Waals surface area contributed by atoms with Gasteiger partial charge in [-0.2, -0.15) is 0 Å². The van der Waals surface area contributed by atoms with Crippen molar-refractivity contribution in [3.8, 4) is 11.5 Å². The number of esters is 1. The van der Waals surface area contributed by atoms with Crippen LogP contribution >= 0.6 is 11.6 Å². The zero-order valence-electron chi connectivity index (χ0n) is 18.6. The molecule has 2 heterocycles. The van der Waals surface area contributed by atoms with Crippen molar-refractivity contribution in [2.75, 3.05) is 19.8 Å². The predicted molar refractivity (Wildman–Crippen MR) is 127 cm³/mol. The second-order valence-electron chi connectivity index (χ2n) is 7.63. The number of aryl methyl sites for hydroxylation is 1. The molecule has 1 N–H and O–H groups in total. The molecule has 1 atom stereocenters. The van der Waals surface area contributed by atoms with Crippen LogP contribution in [0.25, 0.3) is 6.08 Å². The fraction of sp³-hybridized carbons (Fsp3) is 0.240. The third-order valence-electron chi connectivity index (χ3n) is 5.14. The molecule has 2 aromatic carbocycles. The van der Waals surface area contributed by atoms with Gasteiger partial charge in [0, 0.05) is 31.9 Å². The number of hydrogen-bond donors (Lipinski definition) is 1. The number of nitrogens with zero attached hydrogens (tertiary/aromatic N) is 2. The molecule has 1 aliphatic heterocycles. The summed E-state index contributed by atoms with van der Waals surface area (Å²) < 4.78 is 18.2. The first-order valence-corrected chi connectivity index (χ1v) is 11.1. The summed E-state index contributed by atoms with van der Waals surface area (Å²) in [4.78, 5) is 29.1. The Labute approximate surface area is 202 Å². The Morgan fingerprint density at radius 1 is 1.24 bits per heavy atom. The number of hydrogen-bond acceptors (Lipinski definition) is 6. The number of carbonyl (C=O) groups is 2. The molecule has 3 aromatic rings. The molecular formula is C25H24ClN3O5. The summed E-state index contributed by atoms with van der Waals surface area (Å²) in [5, 5.41) is 3.28. The van der Waals surface area contributed by atoms with Crippen LogP contribution in [-0.2, 0) is 21.4 Å². The predicted octanol–water partition coefficient (Wildman–Crippen LogP) is 3.70. The molecule has 0 radical (unpaired) electrons. The van der Waals surface area contributed by atoms with Crippen LogP contribution in [0.15, 0.2) is 60.9 Å². The molecular weight excluding hydrogens is 458 g/mol. The van der Waals surface area contributed by atoms with E-state index in [0.717, 1.165) is 12.0 Å². The summed E-state index contributed by atoms with van der Waals surface area (Å²) in [5.41, 5.74) is 1.51. The molecule has 1 aromatic heterocycles. The number of aromatic nitrogens is 2. The summed E-state index contributed by atoms with van der Waals surface area (Å²) in [5.74, 6) is 0.579. The number of rotatable bonds is 7. The second-order valence-corrected chi connectivity index (χ2v) is 8.04. The van der Waals surface area contributed by atoms with Crippen LogP contribution in [0.2, 0.25) is 5.02 Å². The quantitative estimate of drug-likeness (QED) is 0.408. The maximum Gasteiger partial charge on any atom is 0.331 e. The van der Waals surface area contributed by atoms with Gasteiger partial charge in [-0.15, -0.1) is 0 Å². The van der Waals surface area contributed by atoms with Gasteiger partial charge < -0.3 is 24.1 Å². The highest BCUT2D eigenvalue weighted by Crippen LogP contribution is 2.38. The van der Waals surface area contributed by atoms with Gasteiger partial charge in [0.15, 0.2) is 18.1 Å². The van der Waals surface area contributed by atoms with Crippen molar-refractivity contribution in [2.45, 2.75) is 12.5 Å². The normalized spacial score (nSPS) is 13.8. The third-order valence-corrected chi connectivity index (χ3v) is 5.42. The first kappa shape index (κ1) is 23.4. The van der Waals surface area contributed by atoms with Crippen molar-refractivity contribution in [2.24, 2.45) is 7.05 Å². The number of halogens is 1. The molecule has 1 amide bonds. The summed E-state index contributed by atoms with van der Waals surface area (Å²) in [7, 11) is 1.85. The maximum absolute atomic E-state index is 12.6. The molecule has 1 aliphatic rings. The lowest BCUT2D eigenvalue weighted by Gasteiger charge is -2.19. The number of benzene rings is 2. The van der Waals surface area contributed by atoms with Crippen molar-refractivity contribution >= 4 is 29.6 Å². The van der Waals surface area contributed by atoms with Gasteiger partial charge in [0.25, 0.3) is 5.91 Å². The van der Waals surface area contributed by atoms with E-state index in [4.69, 9.17) is 25.8 Å². The Bertz CT molecular complexity index is 1190. The van der Waals surface area contributed by atoms with Crippen LogP contribution in [0.5, 0.6) is 11.5 Å². The van der Waals surface area contributed by atoms with Gasteiger partial charge in [-0.1, -0.05) is 41.9 Å². The number of carbonyl (C=O) groups excluding carboxylic acids is 2. The van der Waals surface area contributed by atoms with E-state index >= 15 is 0 Å². The van der Waals surface area contributed by atoms with Gasteiger partial charge in [-0.05, 0) is 29.3 Å². The van der Waals surface area contributed by atoms with Crippen molar-refractivity contribution < 1.29 is 23.8 Å². The van der Waals surface area contributed by atoms with Crippen molar-refractivity contribution in [3.05, 3.63) is 82.9 Å². The lowest BCUT2D eigenvalue weighted by Crippen LogP contribution is -2.34. The molecule has 4 rings (SSSR count). The number of ether oxygens (including phenoxy) is 3. The Balaban J connectivity index is 1.36. The van der Waals surface area contributed by atoms with Crippen LogP contribution in [0.4, 0.5) is 0 Å². The Kier molecular flexibility index (Phi) is 7.49. The molecule has 34 heavy (non-hydrogen) atoms. The Morgan fingerprint density at radius 3 is 2.79 bits per heavy atom. The summed E-state index contributed by atoms with van der Waals surface area (Å²) in [6.07, 6.45) is 7.00. The van der Waals surface area contributed by atoms with E-state index in [9.17, 15) is 9.59 Å². The first-order valence-electron chi connectivity index (χ1n) is 10.8. The van der Waals surface area contributed by atoms with E-state index in [1.54, 1.807) is 30.6 Å². The van der Waals surface area contributed by atoms with Gasteiger partial charge in [0.2, 0.25) is 0 Å². The highest BCUT2D eigenvalue weighted by molar-refractivity contribution is 6.32. The number of amides is 1. The minimum atomic E-state index is -0.661. The smallest absolute Gasteiger partial charge is 0.331 e. The second kappa shape index (κ2) is 10.9. The minimum absolute atomic E-state index is 0.396. The fourth-order valence-electron chi connectivity index (χ4n) is 3.50. The van der Waals surface area contributed by atoms with Gasteiger partial charge in [0.1, 0.15) is 11.9 Å². The molecule has 0 saturated carbocycles. The molecule has 0 saturated heterocycles. The molecule has 0 spiro atoms. The Hall–Kier alpha value is -3.78. The lowest BCUT2D eigenvalue weighted by atomic mass is 10.1. The SMILES string of the molecule is Cn1ccnc1C(NC(=O)COC(=O)/C=C/c1cc(Cl)c2c(c1)OCCCO2)c1ccccc1. The molecule has 0 aliphatic carbocycles. The van der Waals surface area contributed by atoms with Crippen molar-refractivity contribution in [1.29, 1.82) is 0 Å². The summed E-state index contributed by atoms with van der Waals surface area (Å²) in [6, 6.07) is 12.4. The Morgan fingerprint density at radius 2 is 2.03 bits per heavy atom. The van der Waals surface area contributed by atoms with E-state index in [1.165, 1.54) is 6.08 Å². The molecule has 8 nitrogen and oxygen atoms in total. The highest BCUT2D eigenvalue weighted by Gasteiger charge is 2.21. The number of nitrogens with one attached hydrogen (secondary N) is 1. The zero-order chi connectivity index (χ0) is 23.9. The van der Waals surface area contributed by atoms with Crippen molar-refractivity contribution in [1.82, 2.24) is 14.9 Å².